The van der Waals surface area contributed by atoms with Gasteiger partial charge >= 0.3 is 0 Å². The van der Waals surface area contributed by atoms with Gasteiger partial charge in [-0.1, -0.05) is 50.4 Å². The first-order valence-corrected chi connectivity index (χ1v) is 5.51. The van der Waals surface area contributed by atoms with Crippen LogP contribution >= 0.6 is 0 Å². The fraction of sp³-hybridized carbons (Fsp3) is 0.267. The molecule has 84 valence electrons. The summed E-state index contributed by atoms with van der Waals surface area (Å²) in [6, 6.07) is 6.41. The first-order chi connectivity index (χ1) is 7.71. The van der Waals surface area contributed by atoms with Gasteiger partial charge < -0.3 is 4.99 Å². The van der Waals surface area contributed by atoms with Crippen molar-refractivity contribution in [3.05, 3.63) is 48.0 Å². The van der Waals surface area contributed by atoms with Gasteiger partial charge in [-0.2, -0.15) is 0 Å². The maximum atomic E-state index is 4.05. The van der Waals surface area contributed by atoms with Crippen LogP contribution in [0.2, 0.25) is 0 Å². The van der Waals surface area contributed by atoms with Crippen molar-refractivity contribution in [2.24, 2.45) is 10.9 Å². The van der Waals surface area contributed by atoms with Crippen molar-refractivity contribution in [2.75, 3.05) is 7.05 Å². The lowest BCUT2D eigenvalue weighted by Crippen LogP contribution is -2.01. The van der Waals surface area contributed by atoms with E-state index in [1.54, 1.807) is 0 Å². The molecule has 0 bridgehead atoms. The molecule has 1 unspecified atom stereocenters. The number of benzene rings is 1. The molecule has 0 saturated carbocycles. The van der Waals surface area contributed by atoms with E-state index in [-0.39, 0.29) is 0 Å². The van der Waals surface area contributed by atoms with Gasteiger partial charge in [0.15, 0.2) is 0 Å². The number of hydrogen-bond donors (Lipinski definition) is 0. The predicted octanol–water partition coefficient (Wildman–Crippen LogP) is 3.85. The largest absolute Gasteiger partial charge is 0.301 e. The Bertz CT molecular complexity index is 402. The van der Waals surface area contributed by atoms with Gasteiger partial charge in [0.1, 0.15) is 0 Å². The molecule has 0 N–H and O–H groups in total. The number of aliphatic imine (C=N–C) groups is 1. The lowest BCUT2D eigenvalue weighted by atomic mass is 9.97. The van der Waals surface area contributed by atoms with Crippen LogP contribution in [-0.4, -0.2) is 13.3 Å². The molecule has 0 spiro atoms. The van der Waals surface area contributed by atoms with Crippen molar-refractivity contribution < 1.29 is 0 Å². The Kier molecular flexibility index (Phi) is 4.71. The second kappa shape index (κ2) is 6.06. The molecule has 1 aromatic rings. The normalized spacial score (nSPS) is 12.6. The number of nitrogens with zero attached hydrogens (tertiary/aromatic N) is 1. The molecule has 1 aromatic carbocycles. The highest BCUT2D eigenvalue weighted by atomic mass is 14.6. The van der Waals surface area contributed by atoms with E-state index in [0.29, 0.717) is 5.92 Å². The summed E-state index contributed by atoms with van der Waals surface area (Å²) in [5, 5.41) is 0. The molecule has 0 aliphatic heterocycles. The molecule has 0 saturated heterocycles. The number of hydrogen-bond acceptors (Lipinski definition) is 1. The topological polar surface area (TPSA) is 12.4 Å². The molecule has 0 amide bonds. The van der Waals surface area contributed by atoms with Crippen LogP contribution in [0.3, 0.4) is 0 Å². The molecule has 0 aromatic heterocycles. The zero-order valence-corrected chi connectivity index (χ0v) is 10.1. The fourth-order valence-corrected chi connectivity index (χ4v) is 1.79. The monoisotopic (exact) mass is 213 g/mol. The van der Waals surface area contributed by atoms with Crippen molar-refractivity contribution in [3.63, 3.8) is 0 Å². The van der Waals surface area contributed by atoms with Crippen molar-refractivity contribution in [1.82, 2.24) is 0 Å². The second-order valence-corrected chi connectivity index (χ2v) is 3.96. The Labute approximate surface area is 98.2 Å². The maximum Gasteiger partial charge on any atom is 0.0273 e. The molecule has 0 heterocycles. The summed E-state index contributed by atoms with van der Waals surface area (Å²) >= 11 is 0. The Morgan fingerprint density at radius 3 is 2.50 bits per heavy atom. The quantitative estimate of drug-likeness (QED) is 0.659. The lowest BCUT2D eigenvalue weighted by molar-refractivity contribution is 0.782. The van der Waals surface area contributed by atoms with Gasteiger partial charge in [-0.25, -0.2) is 0 Å². The standard InChI is InChI=1S/C15H19N/c1-5-14-8-7-13(10-15(14)6-2)9-12(3)11-16-4/h5-8,10-12H,1-2,9H2,3-4H3. The third-order valence-corrected chi connectivity index (χ3v) is 2.55. The van der Waals surface area contributed by atoms with E-state index >= 15 is 0 Å². The predicted molar refractivity (Wildman–Crippen MR) is 73.9 cm³/mol. The molecule has 1 rings (SSSR count). The number of rotatable bonds is 5. The molecule has 0 aliphatic carbocycles. The van der Waals surface area contributed by atoms with E-state index in [1.165, 1.54) is 5.56 Å². The van der Waals surface area contributed by atoms with Gasteiger partial charge in [-0.3, -0.25) is 0 Å². The maximum absolute atomic E-state index is 4.05. The summed E-state index contributed by atoms with van der Waals surface area (Å²) in [4.78, 5) is 4.05. The average Bonchev–Trinajstić information content (AvgIpc) is 2.29. The van der Waals surface area contributed by atoms with Gasteiger partial charge in [0, 0.05) is 13.3 Å². The van der Waals surface area contributed by atoms with E-state index in [4.69, 9.17) is 0 Å². The Morgan fingerprint density at radius 1 is 1.25 bits per heavy atom. The molecule has 0 radical (unpaired) electrons. The van der Waals surface area contributed by atoms with Crippen molar-refractivity contribution in [1.29, 1.82) is 0 Å². The van der Waals surface area contributed by atoms with Crippen LogP contribution in [0.1, 0.15) is 23.6 Å². The highest BCUT2D eigenvalue weighted by Gasteiger charge is 2.02. The summed E-state index contributed by atoms with van der Waals surface area (Å²) in [5.41, 5.74) is 3.59. The molecular weight excluding hydrogens is 194 g/mol. The van der Waals surface area contributed by atoms with Crippen LogP contribution in [0.4, 0.5) is 0 Å². The van der Waals surface area contributed by atoms with Gasteiger partial charge in [0.05, 0.1) is 0 Å². The molecule has 16 heavy (non-hydrogen) atoms. The fourth-order valence-electron chi connectivity index (χ4n) is 1.79. The Morgan fingerprint density at radius 2 is 1.94 bits per heavy atom. The Balaban J connectivity index is 2.90. The smallest absolute Gasteiger partial charge is 0.0273 e. The summed E-state index contributed by atoms with van der Waals surface area (Å²) in [6.45, 7) is 9.78. The third kappa shape index (κ3) is 3.20. The van der Waals surface area contributed by atoms with Crippen LogP contribution in [-0.2, 0) is 6.42 Å². The first kappa shape index (κ1) is 12.4. The van der Waals surface area contributed by atoms with Crippen molar-refractivity contribution >= 4 is 18.4 Å². The molecule has 1 atom stereocenters. The van der Waals surface area contributed by atoms with E-state index < -0.39 is 0 Å². The summed E-state index contributed by atoms with van der Waals surface area (Å²) in [7, 11) is 1.81. The van der Waals surface area contributed by atoms with E-state index in [9.17, 15) is 0 Å². The molecule has 0 fully saturated rings. The highest BCUT2D eigenvalue weighted by molar-refractivity contribution is 5.65. The SMILES string of the molecule is C=Cc1ccc(CC(C)C=NC)cc1C=C. The van der Waals surface area contributed by atoms with Gasteiger partial charge in [0.2, 0.25) is 0 Å². The van der Waals surface area contributed by atoms with Crippen LogP contribution in [0, 0.1) is 5.92 Å². The van der Waals surface area contributed by atoms with Gasteiger partial charge in [-0.05, 0) is 29.0 Å². The van der Waals surface area contributed by atoms with E-state index in [1.807, 2.05) is 25.4 Å². The van der Waals surface area contributed by atoms with E-state index in [0.717, 1.165) is 17.5 Å². The van der Waals surface area contributed by atoms with Crippen LogP contribution in [0.5, 0.6) is 0 Å². The Hall–Kier alpha value is -1.63. The van der Waals surface area contributed by atoms with Crippen LogP contribution in [0.25, 0.3) is 12.2 Å². The molecule has 1 nitrogen and oxygen atoms in total. The van der Waals surface area contributed by atoms with Gasteiger partial charge in [0.25, 0.3) is 0 Å². The molecular formula is C15H19N. The minimum atomic E-state index is 0.470. The molecule has 0 aliphatic rings. The zero-order valence-electron chi connectivity index (χ0n) is 10.1. The lowest BCUT2D eigenvalue weighted by Gasteiger charge is -2.08. The van der Waals surface area contributed by atoms with Crippen molar-refractivity contribution in [2.45, 2.75) is 13.3 Å². The summed E-state index contributed by atoms with van der Waals surface area (Å²) < 4.78 is 0. The van der Waals surface area contributed by atoms with Gasteiger partial charge in [-0.15, -0.1) is 0 Å². The minimum Gasteiger partial charge on any atom is -0.301 e. The van der Waals surface area contributed by atoms with Crippen LogP contribution < -0.4 is 0 Å². The molecule has 1 heteroatoms. The summed E-state index contributed by atoms with van der Waals surface area (Å²) in [5.74, 6) is 0.470. The summed E-state index contributed by atoms with van der Waals surface area (Å²) in [6.07, 6.45) is 6.72. The average molecular weight is 213 g/mol. The minimum absolute atomic E-state index is 0.470. The third-order valence-electron chi connectivity index (χ3n) is 2.55. The second-order valence-electron chi connectivity index (χ2n) is 3.96. The zero-order chi connectivity index (χ0) is 12.0. The van der Waals surface area contributed by atoms with E-state index in [2.05, 4.69) is 43.3 Å². The first-order valence-electron chi connectivity index (χ1n) is 5.51. The van der Waals surface area contributed by atoms with Crippen molar-refractivity contribution in [3.8, 4) is 0 Å². The van der Waals surface area contributed by atoms with Crippen LogP contribution in [0.15, 0.2) is 36.3 Å². The highest BCUT2D eigenvalue weighted by Crippen LogP contribution is 2.16.